The van der Waals surface area contributed by atoms with E-state index in [-0.39, 0.29) is 17.7 Å². The largest absolute Gasteiger partial charge is 0.340 e. The fraction of sp³-hybridized carbons (Fsp3) is 0.467. The van der Waals surface area contributed by atoms with Gasteiger partial charge in [-0.1, -0.05) is 11.6 Å². The van der Waals surface area contributed by atoms with Crippen LogP contribution in [-0.2, 0) is 9.59 Å². The van der Waals surface area contributed by atoms with Crippen molar-refractivity contribution in [2.24, 2.45) is 5.92 Å². The molecule has 0 aromatic heterocycles. The Morgan fingerprint density at radius 2 is 1.86 bits per heavy atom. The molecule has 21 heavy (non-hydrogen) atoms. The fourth-order valence-electron chi connectivity index (χ4n) is 2.89. The number of halogens is 1. The normalized spacial score (nSPS) is 22.7. The van der Waals surface area contributed by atoms with E-state index in [0.29, 0.717) is 18.0 Å². The molecule has 0 radical (unpaired) electrons. The number of piperazine rings is 1. The molecule has 2 aliphatic heterocycles. The number of hydrogen-bond donors (Lipinski definition) is 1. The van der Waals surface area contributed by atoms with Crippen LogP contribution in [0.3, 0.4) is 0 Å². The third-order valence-electron chi connectivity index (χ3n) is 4.04. The topological polar surface area (TPSA) is 52.7 Å². The molecular weight excluding hydrogens is 290 g/mol. The Morgan fingerprint density at radius 3 is 2.52 bits per heavy atom. The zero-order valence-corrected chi connectivity index (χ0v) is 12.5. The van der Waals surface area contributed by atoms with Crippen LogP contribution in [0.25, 0.3) is 0 Å². The first-order chi connectivity index (χ1) is 10.1. The Morgan fingerprint density at radius 1 is 1.19 bits per heavy atom. The van der Waals surface area contributed by atoms with E-state index < -0.39 is 0 Å². The van der Waals surface area contributed by atoms with Crippen molar-refractivity contribution in [1.82, 2.24) is 10.2 Å². The van der Waals surface area contributed by atoms with Gasteiger partial charge < -0.3 is 15.1 Å². The number of nitrogens with one attached hydrogen (secondary N) is 1. The molecule has 2 saturated heterocycles. The molecule has 1 N–H and O–H groups in total. The number of carbonyl (C=O) groups excluding carboxylic acids is 2. The van der Waals surface area contributed by atoms with Crippen molar-refractivity contribution in [3.8, 4) is 0 Å². The van der Waals surface area contributed by atoms with E-state index in [2.05, 4.69) is 5.32 Å². The second kappa shape index (κ2) is 6.03. The summed E-state index contributed by atoms with van der Waals surface area (Å²) in [5.74, 6) is -0.126. The first-order valence-corrected chi connectivity index (χ1v) is 7.58. The average molecular weight is 308 g/mol. The lowest BCUT2D eigenvalue weighted by atomic mass is 10.1. The molecule has 1 aromatic carbocycles. The number of benzene rings is 1. The third kappa shape index (κ3) is 3.04. The maximum atomic E-state index is 12.5. The van der Waals surface area contributed by atoms with Gasteiger partial charge in [0.2, 0.25) is 11.8 Å². The zero-order valence-electron chi connectivity index (χ0n) is 11.7. The van der Waals surface area contributed by atoms with Crippen molar-refractivity contribution in [1.29, 1.82) is 0 Å². The Bertz CT molecular complexity index is 540. The van der Waals surface area contributed by atoms with Crippen LogP contribution in [0, 0.1) is 5.92 Å². The monoisotopic (exact) mass is 307 g/mol. The molecule has 0 spiro atoms. The lowest BCUT2D eigenvalue weighted by molar-refractivity contribution is -0.136. The zero-order chi connectivity index (χ0) is 14.8. The van der Waals surface area contributed by atoms with Gasteiger partial charge in [-0.2, -0.15) is 0 Å². The maximum Gasteiger partial charge on any atom is 0.228 e. The molecule has 2 aliphatic rings. The Balaban J connectivity index is 1.69. The molecule has 2 fully saturated rings. The van der Waals surface area contributed by atoms with Gasteiger partial charge >= 0.3 is 0 Å². The molecule has 2 heterocycles. The van der Waals surface area contributed by atoms with Crippen molar-refractivity contribution in [3.63, 3.8) is 0 Å². The van der Waals surface area contributed by atoms with Crippen molar-refractivity contribution < 1.29 is 9.59 Å². The van der Waals surface area contributed by atoms with Crippen LogP contribution in [-0.4, -0.2) is 49.4 Å². The van der Waals surface area contributed by atoms with Gasteiger partial charge in [-0.15, -0.1) is 0 Å². The molecule has 0 saturated carbocycles. The highest BCUT2D eigenvalue weighted by Gasteiger charge is 2.37. The summed E-state index contributed by atoms with van der Waals surface area (Å²) in [5.41, 5.74) is 0.806. The summed E-state index contributed by atoms with van der Waals surface area (Å²) in [6, 6.07) is 7.15. The highest BCUT2D eigenvalue weighted by atomic mass is 35.5. The van der Waals surface area contributed by atoms with E-state index in [1.165, 1.54) is 0 Å². The summed E-state index contributed by atoms with van der Waals surface area (Å²) in [4.78, 5) is 28.2. The van der Waals surface area contributed by atoms with Crippen molar-refractivity contribution in [2.45, 2.75) is 6.42 Å². The average Bonchev–Trinajstić information content (AvgIpc) is 2.90. The Labute approximate surface area is 128 Å². The minimum absolute atomic E-state index is 0.00538. The van der Waals surface area contributed by atoms with E-state index in [0.717, 1.165) is 31.9 Å². The number of hydrogen-bond acceptors (Lipinski definition) is 3. The molecular formula is C15H18ClN3O2. The summed E-state index contributed by atoms with van der Waals surface area (Å²) in [7, 11) is 0. The molecule has 3 rings (SSSR count). The molecule has 112 valence electrons. The van der Waals surface area contributed by atoms with E-state index >= 15 is 0 Å². The van der Waals surface area contributed by atoms with Crippen LogP contribution in [0.1, 0.15) is 6.42 Å². The van der Waals surface area contributed by atoms with Gasteiger partial charge in [0.15, 0.2) is 0 Å². The molecule has 6 heteroatoms. The van der Waals surface area contributed by atoms with Crippen LogP contribution in [0.15, 0.2) is 24.3 Å². The standard InChI is InChI=1S/C15H18ClN3O2/c16-12-1-3-13(4-2-12)19-10-11(9-14(19)20)15(21)18-7-5-17-6-8-18/h1-4,11,17H,5-10H2/t11-/m0/s1. The highest BCUT2D eigenvalue weighted by molar-refractivity contribution is 6.30. The predicted octanol–water partition coefficient (Wildman–Crippen LogP) is 1.12. The van der Waals surface area contributed by atoms with Crippen LogP contribution in [0.2, 0.25) is 5.02 Å². The van der Waals surface area contributed by atoms with Crippen molar-refractivity contribution in [3.05, 3.63) is 29.3 Å². The van der Waals surface area contributed by atoms with Crippen LogP contribution < -0.4 is 10.2 Å². The summed E-state index contributed by atoms with van der Waals surface area (Å²) < 4.78 is 0. The Kier molecular flexibility index (Phi) is 4.12. The van der Waals surface area contributed by atoms with E-state index in [9.17, 15) is 9.59 Å². The van der Waals surface area contributed by atoms with E-state index in [1.54, 1.807) is 17.0 Å². The molecule has 1 atom stereocenters. The number of rotatable bonds is 2. The van der Waals surface area contributed by atoms with Crippen LogP contribution in [0.4, 0.5) is 5.69 Å². The second-order valence-electron chi connectivity index (χ2n) is 5.46. The van der Waals surface area contributed by atoms with Gasteiger partial charge in [0.05, 0.1) is 5.92 Å². The summed E-state index contributed by atoms with van der Waals surface area (Å²) >= 11 is 5.87. The smallest absolute Gasteiger partial charge is 0.228 e. The number of nitrogens with zero attached hydrogens (tertiary/aromatic N) is 2. The highest BCUT2D eigenvalue weighted by Crippen LogP contribution is 2.27. The fourth-order valence-corrected chi connectivity index (χ4v) is 3.01. The minimum Gasteiger partial charge on any atom is -0.340 e. The quantitative estimate of drug-likeness (QED) is 0.891. The molecule has 0 unspecified atom stereocenters. The summed E-state index contributed by atoms with van der Waals surface area (Å²) in [6.07, 6.45) is 0.297. The molecule has 0 bridgehead atoms. The SMILES string of the molecule is O=C([C@H]1CC(=O)N(c2ccc(Cl)cc2)C1)N1CCNCC1. The van der Waals surface area contributed by atoms with Gasteiger partial charge in [0.1, 0.15) is 0 Å². The van der Waals surface area contributed by atoms with Gasteiger partial charge in [-0.25, -0.2) is 0 Å². The van der Waals surface area contributed by atoms with Crippen LogP contribution in [0.5, 0.6) is 0 Å². The van der Waals surface area contributed by atoms with Gasteiger partial charge in [0.25, 0.3) is 0 Å². The van der Waals surface area contributed by atoms with E-state index in [1.807, 2.05) is 17.0 Å². The second-order valence-corrected chi connectivity index (χ2v) is 5.89. The number of carbonyl (C=O) groups is 2. The first kappa shape index (κ1) is 14.4. The van der Waals surface area contributed by atoms with Gasteiger partial charge in [0, 0.05) is 49.9 Å². The predicted molar refractivity (Wildman–Crippen MR) is 81.4 cm³/mol. The van der Waals surface area contributed by atoms with Crippen molar-refractivity contribution in [2.75, 3.05) is 37.6 Å². The summed E-state index contributed by atoms with van der Waals surface area (Å²) in [5, 5.41) is 3.86. The molecule has 5 nitrogen and oxygen atoms in total. The molecule has 0 aliphatic carbocycles. The minimum atomic E-state index is -0.230. The lowest BCUT2D eigenvalue weighted by Gasteiger charge is -2.29. The number of anilines is 1. The lowest BCUT2D eigenvalue weighted by Crippen LogP contribution is -2.48. The van der Waals surface area contributed by atoms with E-state index in [4.69, 9.17) is 11.6 Å². The van der Waals surface area contributed by atoms with Gasteiger partial charge in [-0.05, 0) is 24.3 Å². The Hall–Kier alpha value is -1.59. The molecule has 2 amide bonds. The summed E-state index contributed by atoms with van der Waals surface area (Å²) in [6.45, 7) is 3.57. The van der Waals surface area contributed by atoms with Gasteiger partial charge in [-0.3, -0.25) is 9.59 Å². The maximum absolute atomic E-state index is 12.5. The molecule has 1 aromatic rings. The number of amides is 2. The van der Waals surface area contributed by atoms with Crippen LogP contribution >= 0.6 is 11.6 Å². The third-order valence-corrected chi connectivity index (χ3v) is 4.29. The van der Waals surface area contributed by atoms with Crippen molar-refractivity contribution >= 4 is 29.1 Å². The first-order valence-electron chi connectivity index (χ1n) is 7.20.